The van der Waals surface area contributed by atoms with Crippen LogP contribution in [0.4, 0.5) is 0 Å². The number of benzene rings is 2. The first-order chi connectivity index (χ1) is 12.7. The van der Waals surface area contributed by atoms with Crippen LogP contribution in [0.3, 0.4) is 0 Å². The number of para-hydroxylation sites is 1. The summed E-state index contributed by atoms with van der Waals surface area (Å²) in [4.78, 5) is 17.9. The highest BCUT2D eigenvalue weighted by Crippen LogP contribution is 2.14. The van der Waals surface area contributed by atoms with E-state index in [1.165, 1.54) is 5.56 Å². The Hall–Kier alpha value is -2.50. The van der Waals surface area contributed by atoms with Gasteiger partial charge in [0, 0.05) is 19.1 Å². The van der Waals surface area contributed by atoms with Crippen molar-refractivity contribution in [1.29, 1.82) is 0 Å². The molecule has 0 unspecified atom stereocenters. The minimum atomic E-state index is 0.00853. The summed E-state index contributed by atoms with van der Waals surface area (Å²) in [6.45, 7) is 3.99. The number of quaternary nitrogens is 1. The van der Waals surface area contributed by atoms with Crippen LogP contribution in [0.15, 0.2) is 59.4 Å². The molecule has 2 aromatic carbocycles. The number of aromatic nitrogens is 2. The summed E-state index contributed by atoms with van der Waals surface area (Å²) < 4.78 is 6.99. The smallest absolute Gasteiger partial charge is 0.261 e. The summed E-state index contributed by atoms with van der Waals surface area (Å²) in [5, 5.41) is 2.92. The zero-order chi connectivity index (χ0) is 18.4. The lowest BCUT2D eigenvalue weighted by atomic mass is 10.1. The van der Waals surface area contributed by atoms with Gasteiger partial charge in [-0.2, -0.15) is 0 Å². The van der Waals surface area contributed by atoms with E-state index in [0.717, 1.165) is 24.3 Å². The lowest BCUT2D eigenvalue weighted by molar-refractivity contribution is -0.712. The maximum Gasteiger partial charge on any atom is 0.261 e. The Morgan fingerprint density at radius 2 is 1.85 bits per heavy atom. The average molecular weight is 352 g/mol. The molecule has 3 aromatic rings. The van der Waals surface area contributed by atoms with E-state index < -0.39 is 0 Å². The van der Waals surface area contributed by atoms with Gasteiger partial charge in [0.25, 0.3) is 5.56 Å². The summed E-state index contributed by atoms with van der Waals surface area (Å²) in [5.74, 6) is 0.823. The van der Waals surface area contributed by atoms with E-state index in [2.05, 4.69) is 24.4 Å². The number of fused-ring (bicyclic) bond motifs is 1. The van der Waals surface area contributed by atoms with Gasteiger partial charge < -0.3 is 10.1 Å². The molecule has 1 heterocycles. The van der Waals surface area contributed by atoms with Crippen molar-refractivity contribution in [3.63, 3.8) is 0 Å². The summed E-state index contributed by atoms with van der Waals surface area (Å²) >= 11 is 0. The Labute approximate surface area is 153 Å². The zero-order valence-corrected chi connectivity index (χ0v) is 15.4. The second-order valence-electron chi connectivity index (χ2n) is 6.38. The minimum absolute atomic E-state index is 0.00853. The van der Waals surface area contributed by atoms with Crippen LogP contribution >= 0.6 is 0 Å². The van der Waals surface area contributed by atoms with Crippen molar-refractivity contribution in [2.24, 2.45) is 0 Å². The van der Waals surface area contributed by atoms with Gasteiger partial charge in [0.2, 0.25) is 0 Å². The van der Waals surface area contributed by atoms with Crippen molar-refractivity contribution in [2.75, 3.05) is 13.7 Å². The predicted molar refractivity (Wildman–Crippen MR) is 103 cm³/mol. The van der Waals surface area contributed by atoms with Gasteiger partial charge in [-0.3, -0.25) is 9.36 Å². The second kappa shape index (κ2) is 8.74. The van der Waals surface area contributed by atoms with Crippen LogP contribution in [-0.2, 0) is 17.8 Å². The van der Waals surface area contributed by atoms with Crippen molar-refractivity contribution < 1.29 is 10.1 Å². The highest BCUT2D eigenvalue weighted by molar-refractivity contribution is 5.77. The van der Waals surface area contributed by atoms with Crippen LogP contribution in [0.1, 0.15) is 30.8 Å². The molecule has 0 aliphatic heterocycles. The van der Waals surface area contributed by atoms with E-state index in [0.29, 0.717) is 18.5 Å². The Kier molecular flexibility index (Phi) is 6.15. The molecule has 1 atom stereocenters. The Balaban J connectivity index is 1.98. The molecule has 0 saturated carbocycles. The first-order valence-electron chi connectivity index (χ1n) is 9.10. The first kappa shape index (κ1) is 18.3. The van der Waals surface area contributed by atoms with Gasteiger partial charge in [-0.25, -0.2) is 4.98 Å². The highest BCUT2D eigenvalue weighted by Gasteiger charge is 2.21. The molecule has 5 heteroatoms. The van der Waals surface area contributed by atoms with Gasteiger partial charge >= 0.3 is 0 Å². The quantitative estimate of drug-likeness (QED) is 0.676. The minimum Gasteiger partial charge on any atom is -0.383 e. The van der Waals surface area contributed by atoms with Gasteiger partial charge in [0.15, 0.2) is 5.82 Å². The fourth-order valence-corrected chi connectivity index (χ4v) is 3.21. The summed E-state index contributed by atoms with van der Waals surface area (Å²) in [5.41, 5.74) is 2.03. The molecule has 0 bridgehead atoms. The number of hydrogen-bond donors (Lipinski definition) is 1. The Morgan fingerprint density at radius 1 is 1.12 bits per heavy atom. The van der Waals surface area contributed by atoms with E-state index in [-0.39, 0.29) is 11.6 Å². The third-order valence-electron chi connectivity index (χ3n) is 4.66. The second-order valence-corrected chi connectivity index (χ2v) is 6.38. The van der Waals surface area contributed by atoms with Crippen molar-refractivity contribution in [3.8, 4) is 0 Å². The molecule has 0 spiro atoms. The number of nitrogens with zero attached hydrogens (tertiary/aromatic N) is 2. The predicted octanol–water partition coefficient (Wildman–Crippen LogP) is 2.26. The SMILES string of the molecule is CC[C@H]([NH2+]Cc1ccccc1)c1nc2ccccc2c(=O)n1CCOC. The highest BCUT2D eigenvalue weighted by atomic mass is 16.5. The van der Waals surface area contributed by atoms with E-state index in [1.807, 2.05) is 42.5 Å². The van der Waals surface area contributed by atoms with E-state index in [1.54, 1.807) is 11.7 Å². The standard InChI is InChI=1S/C21H25N3O2/c1-3-18(22-15-16-9-5-4-6-10-16)20-23-19-12-8-7-11-17(19)21(25)24(20)13-14-26-2/h4-12,18,22H,3,13-15H2,1-2H3/p+1/t18-/m0/s1. The number of ether oxygens (including phenoxy) is 1. The van der Waals surface area contributed by atoms with Gasteiger partial charge in [0.1, 0.15) is 12.6 Å². The zero-order valence-electron chi connectivity index (χ0n) is 15.4. The van der Waals surface area contributed by atoms with Crippen LogP contribution in [-0.4, -0.2) is 23.3 Å². The van der Waals surface area contributed by atoms with Gasteiger partial charge in [-0.1, -0.05) is 49.4 Å². The Morgan fingerprint density at radius 3 is 2.58 bits per heavy atom. The summed E-state index contributed by atoms with van der Waals surface area (Å²) in [7, 11) is 1.65. The fourth-order valence-electron chi connectivity index (χ4n) is 3.21. The molecular formula is C21H26N3O2+. The Bertz CT molecular complexity index is 906. The fraction of sp³-hybridized carbons (Fsp3) is 0.333. The van der Waals surface area contributed by atoms with Gasteiger partial charge in [-0.05, 0) is 12.1 Å². The van der Waals surface area contributed by atoms with E-state index >= 15 is 0 Å². The normalized spacial score (nSPS) is 12.4. The molecule has 3 rings (SSSR count). The summed E-state index contributed by atoms with van der Waals surface area (Å²) in [6, 6.07) is 18.0. The third kappa shape index (κ3) is 4.00. The molecule has 0 amide bonds. The van der Waals surface area contributed by atoms with E-state index in [4.69, 9.17) is 9.72 Å². The van der Waals surface area contributed by atoms with Crippen LogP contribution in [0.2, 0.25) is 0 Å². The van der Waals surface area contributed by atoms with Crippen LogP contribution < -0.4 is 10.9 Å². The lowest BCUT2D eigenvalue weighted by Crippen LogP contribution is -2.84. The number of nitrogens with two attached hydrogens (primary N) is 1. The van der Waals surface area contributed by atoms with Crippen molar-refractivity contribution in [2.45, 2.75) is 32.5 Å². The van der Waals surface area contributed by atoms with Crippen molar-refractivity contribution >= 4 is 10.9 Å². The topological polar surface area (TPSA) is 60.7 Å². The van der Waals surface area contributed by atoms with Gasteiger partial charge in [0.05, 0.1) is 24.1 Å². The molecule has 0 radical (unpaired) electrons. The van der Waals surface area contributed by atoms with Gasteiger partial charge in [-0.15, -0.1) is 0 Å². The molecule has 26 heavy (non-hydrogen) atoms. The van der Waals surface area contributed by atoms with Crippen LogP contribution in [0.5, 0.6) is 0 Å². The molecule has 1 aromatic heterocycles. The molecule has 0 saturated heterocycles. The van der Waals surface area contributed by atoms with Crippen LogP contribution in [0, 0.1) is 0 Å². The average Bonchev–Trinajstić information content (AvgIpc) is 2.69. The summed E-state index contributed by atoms with van der Waals surface area (Å²) in [6.07, 6.45) is 0.893. The molecule has 136 valence electrons. The monoisotopic (exact) mass is 352 g/mol. The number of rotatable bonds is 8. The van der Waals surface area contributed by atoms with Crippen LogP contribution in [0.25, 0.3) is 10.9 Å². The maximum absolute atomic E-state index is 13.0. The molecule has 2 N–H and O–H groups in total. The largest absolute Gasteiger partial charge is 0.383 e. The van der Waals surface area contributed by atoms with Crippen molar-refractivity contribution in [3.05, 3.63) is 76.3 Å². The number of hydrogen-bond acceptors (Lipinski definition) is 3. The molecule has 0 aliphatic carbocycles. The molecular weight excluding hydrogens is 326 g/mol. The van der Waals surface area contributed by atoms with E-state index in [9.17, 15) is 4.79 Å². The molecule has 0 fully saturated rings. The first-order valence-corrected chi connectivity index (χ1v) is 9.10. The molecule has 0 aliphatic rings. The van der Waals surface area contributed by atoms with Crippen molar-refractivity contribution in [1.82, 2.24) is 9.55 Å². The lowest BCUT2D eigenvalue weighted by Gasteiger charge is -2.19. The molecule has 5 nitrogen and oxygen atoms in total. The maximum atomic E-state index is 13.0. The number of methoxy groups -OCH3 is 1. The third-order valence-corrected chi connectivity index (χ3v) is 4.66.